The monoisotopic (exact) mass is 430 g/mol. The molecule has 2 N–H and O–H groups in total. The van der Waals surface area contributed by atoms with Gasteiger partial charge in [0, 0.05) is 36.3 Å². The molecule has 166 valence electrons. The SMILES string of the molecule is CC(C)Oc1cccc2ccc(-c3nnc4ccc([C@H](C)N5CC[C@](C)(N)C5)cn34)nc12. The number of ether oxygens (including phenoxy) is 1. The number of aromatic nitrogens is 4. The highest BCUT2D eigenvalue weighted by atomic mass is 16.5. The minimum atomic E-state index is -0.120. The van der Waals surface area contributed by atoms with Crippen molar-refractivity contribution >= 4 is 16.6 Å². The van der Waals surface area contributed by atoms with Crippen molar-refractivity contribution in [3.05, 3.63) is 54.2 Å². The van der Waals surface area contributed by atoms with Gasteiger partial charge in [-0.25, -0.2) is 4.98 Å². The summed E-state index contributed by atoms with van der Waals surface area (Å²) in [4.78, 5) is 7.36. The molecular formula is C25H30N6O. The molecule has 0 spiro atoms. The van der Waals surface area contributed by atoms with Crippen molar-refractivity contribution in [3.8, 4) is 17.3 Å². The summed E-state index contributed by atoms with van der Waals surface area (Å²) < 4.78 is 8.02. The van der Waals surface area contributed by atoms with Gasteiger partial charge >= 0.3 is 0 Å². The topological polar surface area (TPSA) is 81.6 Å². The van der Waals surface area contributed by atoms with Crippen molar-refractivity contribution in [2.45, 2.75) is 51.8 Å². The largest absolute Gasteiger partial charge is 0.489 e. The summed E-state index contributed by atoms with van der Waals surface area (Å²) in [5, 5.41) is 9.87. The van der Waals surface area contributed by atoms with Gasteiger partial charge in [0.15, 0.2) is 11.5 Å². The van der Waals surface area contributed by atoms with Crippen LogP contribution in [0.15, 0.2) is 48.7 Å². The van der Waals surface area contributed by atoms with Crippen molar-refractivity contribution in [2.24, 2.45) is 5.73 Å². The molecule has 32 heavy (non-hydrogen) atoms. The molecule has 1 saturated heterocycles. The first-order valence-corrected chi connectivity index (χ1v) is 11.3. The van der Waals surface area contributed by atoms with E-state index in [1.807, 2.05) is 48.6 Å². The minimum absolute atomic E-state index is 0.0741. The standard InChI is InChI=1S/C25H30N6O/c1-16(2)32-21-7-5-6-18-8-10-20(27-23(18)21)24-29-28-22-11-9-19(14-31(22)24)17(3)30-13-12-25(4,26)15-30/h5-11,14,16-17H,12-13,15,26H2,1-4H3/t17-,25-/m0/s1. The van der Waals surface area contributed by atoms with E-state index in [0.29, 0.717) is 0 Å². The number of nitrogens with zero attached hydrogens (tertiary/aromatic N) is 5. The number of fused-ring (bicyclic) bond motifs is 2. The molecule has 1 aliphatic heterocycles. The summed E-state index contributed by atoms with van der Waals surface area (Å²) >= 11 is 0. The van der Waals surface area contributed by atoms with E-state index in [0.717, 1.165) is 53.3 Å². The van der Waals surface area contributed by atoms with E-state index in [2.05, 4.69) is 47.3 Å². The first-order valence-electron chi connectivity index (χ1n) is 11.3. The van der Waals surface area contributed by atoms with E-state index < -0.39 is 0 Å². The molecule has 1 fully saturated rings. The van der Waals surface area contributed by atoms with E-state index in [9.17, 15) is 0 Å². The lowest BCUT2D eigenvalue weighted by Crippen LogP contribution is -2.39. The number of hydrogen-bond acceptors (Lipinski definition) is 6. The zero-order valence-corrected chi connectivity index (χ0v) is 19.1. The Kier molecular flexibility index (Phi) is 5.10. The second kappa shape index (κ2) is 7.83. The van der Waals surface area contributed by atoms with Crippen LogP contribution < -0.4 is 10.5 Å². The van der Waals surface area contributed by atoms with Crippen LogP contribution >= 0.6 is 0 Å². The molecule has 1 aliphatic rings. The second-order valence-electron chi connectivity index (χ2n) is 9.46. The zero-order valence-electron chi connectivity index (χ0n) is 19.1. The fraction of sp³-hybridized carbons (Fsp3) is 0.400. The number of para-hydroxylation sites is 1. The summed E-state index contributed by atoms with van der Waals surface area (Å²) in [5.41, 5.74) is 9.85. The molecule has 4 aromatic rings. The lowest BCUT2D eigenvalue weighted by Gasteiger charge is -2.26. The minimum Gasteiger partial charge on any atom is -0.489 e. The first-order chi connectivity index (χ1) is 15.3. The molecule has 5 rings (SSSR count). The van der Waals surface area contributed by atoms with Crippen LogP contribution in [0.1, 0.15) is 45.7 Å². The molecule has 7 heteroatoms. The van der Waals surface area contributed by atoms with E-state index in [1.54, 1.807) is 0 Å². The van der Waals surface area contributed by atoms with Crippen LogP contribution in [-0.4, -0.2) is 49.2 Å². The third kappa shape index (κ3) is 3.82. The van der Waals surface area contributed by atoms with Crippen molar-refractivity contribution < 1.29 is 4.74 Å². The molecule has 2 atom stereocenters. The van der Waals surface area contributed by atoms with Crippen LogP contribution in [0.4, 0.5) is 0 Å². The number of pyridine rings is 2. The number of hydrogen-bond donors (Lipinski definition) is 1. The quantitative estimate of drug-likeness (QED) is 0.511. The van der Waals surface area contributed by atoms with Crippen LogP contribution in [0.5, 0.6) is 5.75 Å². The van der Waals surface area contributed by atoms with Crippen LogP contribution in [-0.2, 0) is 0 Å². The van der Waals surface area contributed by atoms with Gasteiger partial charge in [0.1, 0.15) is 17.0 Å². The van der Waals surface area contributed by atoms with Gasteiger partial charge < -0.3 is 10.5 Å². The van der Waals surface area contributed by atoms with Crippen LogP contribution in [0, 0.1) is 0 Å². The van der Waals surface area contributed by atoms with Crippen LogP contribution in [0.25, 0.3) is 28.1 Å². The predicted octanol–water partition coefficient (Wildman–Crippen LogP) is 4.22. The third-order valence-electron chi connectivity index (χ3n) is 6.26. The number of nitrogens with two attached hydrogens (primary N) is 1. The predicted molar refractivity (Wildman–Crippen MR) is 127 cm³/mol. The highest BCUT2D eigenvalue weighted by molar-refractivity contribution is 5.86. The van der Waals surface area contributed by atoms with Gasteiger partial charge in [-0.2, -0.15) is 0 Å². The average molecular weight is 431 g/mol. The molecular weight excluding hydrogens is 400 g/mol. The Balaban J connectivity index is 1.55. The molecule has 0 radical (unpaired) electrons. The molecule has 0 bridgehead atoms. The van der Waals surface area contributed by atoms with Gasteiger partial charge in [-0.1, -0.05) is 24.3 Å². The fourth-order valence-corrected chi connectivity index (χ4v) is 4.48. The molecule has 0 aliphatic carbocycles. The summed E-state index contributed by atoms with van der Waals surface area (Å²) in [6.07, 6.45) is 3.22. The summed E-state index contributed by atoms with van der Waals surface area (Å²) in [7, 11) is 0. The Labute approximate surface area is 188 Å². The zero-order chi connectivity index (χ0) is 22.5. The first kappa shape index (κ1) is 20.8. The normalized spacial score (nSPS) is 20.4. The Morgan fingerprint density at radius 2 is 1.91 bits per heavy atom. The van der Waals surface area contributed by atoms with Gasteiger partial charge in [0.05, 0.1) is 6.10 Å². The van der Waals surface area contributed by atoms with Gasteiger partial charge in [0.2, 0.25) is 0 Å². The van der Waals surface area contributed by atoms with E-state index in [1.165, 1.54) is 5.56 Å². The summed E-state index contributed by atoms with van der Waals surface area (Å²) in [6, 6.07) is 14.5. The Hall–Kier alpha value is -3.03. The van der Waals surface area contributed by atoms with Crippen molar-refractivity contribution in [3.63, 3.8) is 0 Å². The second-order valence-corrected chi connectivity index (χ2v) is 9.46. The van der Waals surface area contributed by atoms with E-state index >= 15 is 0 Å². The highest BCUT2D eigenvalue weighted by Crippen LogP contribution is 2.30. The Morgan fingerprint density at radius 1 is 1.06 bits per heavy atom. The summed E-state index contributed by atoms with van der Waals surface area (Å²) in [6.45, 7) is 10.3. The molecule has 4 heterocycles. The fourth-order valence-electron chi connectivity index (χ4n) is 4.48. The van der Waals surface area contributed by atoms with Crippen LogP contribution in [0.3, 0.4) is 0 Å². The van der Waals surface area contributed by atoms with E-state index in [-0.39, 0.29) is 17.7 Å². The molecule has 1 aromatic carbocycles. The van der Waals surface area contributed by atoms with Crippen molar-refractivity contribution in [1.29, 1.82) is 0 Å². The van der Waals surface area contributed by atoms with Gasteiger partial charge in [-0.05, 0) is 57.9 Å². The molecule has 7 nitrogen and oxygen atoms in total. The average Bonchev–Trinajstić information content (AvgIpc) is 3.35. The van der Waals surface area contributed by atoms with Crippen molar-refractivity contribution in [2.75, 3.05) is 13.1 Å². The van der Waals surface area contributed by atoms with Gasteiger partial charge in [0.25, 0.3) is 0 Å². The Bertz CT molecular complexity index is 1280. The maximum Gasteiger partial charge on any atom is 0.187 e. The molecule has 3 aromatic heterocycles. The number of rotatable bonds is 5. The lowest BCUT2D eigenvalue weighted by molar-refractivity contribution is 0.245. The number of likely N-dealkylation sites (tertiary alicyclic amines) is 1. The third-order valence-corrected chi connectivity index (χ3v) is 6.26. The van der Waals surface area contributed by atoms with Crippen LogP contribution in [0.2, 0.25) is 0 Å². The maximum absolute atomic E-state index is 6.36. The smallest absolute Gasteiger partial charge is 0.187 e. The lowest BCUT2D eigenvalue weighted by atomic mass is 10.0. The Morgan fingerprint density at radius 3 is 2.66 bits per heavy atom. The highest BCUT2D eigenvalue weighted by Gasteiger charge is 2.32. The number of benzene rings is 1. The van der Waals surface area contributed by atoms with Gasteiger partial charge in [-0.3, -0.25) is 9.30 Å². The van der Waals surface area contributed by atoms with E-state index in [4.69, 9.17) is 15.5 Å². The molecule has 0 unspecified atom stereocenters. The molecule has 0 saturated carbocycles. The maximum atomic E-state index is 6.36. The van der Waals surface area contributed by atoms with Crippen molar-refractivity contribution in [1.82, 2.24) is 24.5 Å². The summed E-state index contributed by atoms with van der Waals surface area (Å²) in [5.74, 6) is 1.50. The van der Waals surface area contributed by atoms with Gasteiger partial charge in [-0.15, -0.1) is 10.2 Å². The molecule has 0 amide bonds.